The maximum Gasteiger partial charge on any atom is 0.160 e. The molecule has 0 saturated carbocycles. The Bertz CT molecular complexity index is 1210. The van der Waals surface area contributed by atoms with Gasteiger partial charge in [-0.2, -0.15) is 10.5 Å². The quantitative estimate of drug-likeness (QED) is 0.706. The molecule has 3 aromatic carbocycles. The van der Waals surface area contributed by atoms with E-state index in [0.29, 0.717) is 11.0 Å². The first-order valence-corrected chi connectivity index (χ1v) is 8.73. The summed E-state index contributed by atoms with van der Waals surface area (Å²) >= 11 is 0. The minimum absolute atomic E-state index is 0.0879. The first-order chi connectivity index (χ1) is 13.8. The summed E-state index contributed by atoms with van der Waals surface area (Å²) in [6.07, 6.45) is 0. The third-order valence-electron chi connectivity index (χ3n) is 4.41. The molecule has 0 N–H and O–H groups in total. The Morgan fingerprint density at radius 2 is 1.07 bits per heavy atom. The van der Waals surface area contributed by atoms with Crippen LogP contribution < -0.4 is 10.4 Å². The van der Waals surface area contributed by atoms with Gasteiger partial charge < -0.3 is 0 Å². The minimum Gasteiger partial charge on any atom is -0.226 e. The van der Waals surface area contributed by atoms with Crippen LogP contribution in [0.2, 0.25) is 0 Å². The van der Waals surface area contributed by atoms with E-state index in [1.165, 1.54) is 0 Å². The number of nitriles is 2. The van der Waals surface area contributed by atoms with E-state index >= 15 is 0 Å². The van der Waals surface area contributed by atoms with Crippen LogP contribution in [0, 0.1) is 22.7 Å². The highest BCUT2D eigenvalue weighted by Crippen LogP contribution is 2.20. The van der Waals surface area contributed by atoms with E-state index in [1.807, 2.05) is 84.9 Å². The van der Waals surface area contributed by atoms with Crippen molar-refractivity contribution in [3.63, 3.8) is 0 Å². The van der Waals surface area contributed by atoms with Crippen molar-refractivity contribution in [3.05, 3.63) is 106 Å². The van der Waals surface area contributed by atoms with Crippen molar-refractivity contribution < 1.29 is 0 Å². The zero-order chi connectivity index (χ0) is 19.3. The number of nitrogens with zero attached hydrogens (tertiary/aromatic N) is 4. The van der Waals surface area contributed by atoms with Crippen molar-refractivity contribution in [2.45, 2.75) is 0 Å². The van der Waals surface area contributed by atoms with Gasteiger partial charge in [0, 0.05) is 21.6 Å². The second kappa shape index (κ2) is 7.53. The predicted octanol–water partition coefficient (Wildman–Crippen LogP) is 2.94. The predicted molar refractivity (Wildman–Crippen MR) is 110 cm³/mol. The van der Waals surface area contributed by atoms with Crippen LogP contribution in [0.1, 0.15) is 11.1 Å². The summed E-state index contributed by atoms with van der Waals surface area (Å²) in [6, 6.07) is 30.9. The van der Waals surface area contributed by atoms with Gasteiger partial charge in [0.25, 0.3) is 0 Å². The van der Waals surface area contributed by atoms with Crippen molar-refractivity contribution in [1.29, 1.82) is 10.5 Å². The number of hydrogen-bond donors (Lipinski definition) is 0. The summed E-state index contributed by atoms with van der Waals surface area (Å²) in [6.45, 7) is 0. The van der Waals surface area contributed by atoms with Gasteiger partial charge >= 0.3 is 0 Å². The summed E-state index contributed by atoms with van der Waals surface area (Å²) in [4.78, 5) is 9.59. The molecule has 28 heavy (non-hydrogen) atoms. The standard InChI is InChI=1S/C24H14N4/c25-15-21(16-26)17-11-13-20(14-12-17)24-27-22(18-7-3-1-4-8-18)23(28-24)19-9-5-2-6-10-19/h1-14H. The summed E-state index contributed by atoms with van der Waals surface area (Å²) in [5.41, 5.74) is 3.74. The lowest BCUT2D eigenvalue weighted by atomic mass is 10.0. The van der Waals surface area contributed by atoms with Gasteiger partial charge in [0.2, 0.25) is 0 Å². The molecule has 1 aliphatic heterocycles. The summed E-state index contributed by atoms with van der Waals surface area (Å²) < 4.78 is 0. The summed E-state index contributed by atoms with van der Waals surface area (Å²) in [7, 11) is 0. The summed E-state index contributed by atoms with van der Waals surface area (Å²) in [5, 5.41) is 19.5. The molecule has 4 heteroatoms. The third-order valence-corrected chi connectivity index (χ3v) is 4.41. The fourth-order valence-corrected chi connectivity index (χ4v) is 3.01. The van der Waals surface area contributed by atoms with E-state index in [0.717, 1.165) is 27.8 Å². The van der Waals surface area contributed by atoms with Crippen molar-refractivity contribution in [2.24, 2.45) is 9.98 Å². The van der Waals surface area contributed by atoms with Crippen LogP contribution >= 0.6 is 0 Å². The Hall–Kier alpha value is -4.28. The topological polar surface area (TPSA) is 72.3 Å². The number of hydrogen-bond acceptors (Lipinski definition) is 4. The van der Waals surface area contributed by atoms with Crippen LogP contribution in [-0.4, -0.2) is 11.4 Å². The molecular weight excluding hydrogens is 344 g/mol. The van der Waals surface area contributed by atoms with E-state index in [4.69, 9.17) is 20.5 Å². The molecule has 1 aliphatic rings. The van der Waals surface area contributed by atoms with Crippen LogP contribution in [0.3, 0.4) is 0 Å². The number of rotatable bonds is 2. The molecule has 0 fully saturated rings. The average molecular weight is 358 g/mol. The lowest BCUT2D eigenvalue weighted by Gasteiger charge is -2.04. The molecule has 0 bridgehead atoms. The highest BCUT2D eigenvalue weighted by atomic mass is 15.0. The number of aliphatic imine (C=N–C) groups is 2. The molecule has 0 saturated heterocycles. The minimum atomic E-state index is 0.0879. The Morgan fingerprint density at radius 1 is 0.607 bits per heavy atom. The number of benzene rings is 3. The van der Waals surface area contributed by atoms with Crippen LogP contribution in [0.25, 0.3) is 11.4 Å². The lowest BCUT2D eigenvalue weighted by molar-refractivity contribution is 1.39. The molecule has 3 aromatic rings. The van der Waals surface area contributed by atoms with E-state index in [2.05, 4.69) is 0 Å². The largest absolute Gasteiger partial charge is 0.226 e. The van der Waals surface area contributed by atoms with Crippen LogP contribution in [0.5, 0.6) is 0 Å². The van der Waals surface area contributed by atoms with E-state index in [9.17, 15) is 0 Å². The Morgan fingerprint density at radius 3 is 1.50 bits per heavy atom. The van der Waals surface area contributed by atoms with Gasteiger partial charge in [-0.3, -0.25) is 0 Å². The Labute approximate surface area is 162 Å². The lowest BCUT2D eigenvalue weighted by Crippen LogP contribution is -2.13. The third kappa shape index (κ3) is 3.23. The molecule has 0 amide bonds. The van der Waals surface area contributed by atoms with Gasteiger partial charge in [0.05, 0.1) is 11.4 Å². The van der Waals surface area contributed by atoms with E-state index in [-0.39, 0.29) is 5.57 Å². The molecule has 0 aliphatic carbocycles. The van der Waals surface area contributed by atoms with Crippen LogP contribution in [-0.2, 0) is 0 Å². The second-order valence-corrected chi connectivity index (χ2v) is 6.15. The first kappa shape index (κ1) is 17.1. The zero-order valence-electron chi connectivity index (χ0n) is 14.9. The second-order valence-electron chi connectivity index (χ2n) is 6.15. The van der Waals surface area contributed by atoms with Gasteiger partial charge in [-0.05, 0) is 0 Å². The smallest absolute Gasteiger partial charge is 0.160 e. The molecule has 0 radical (unpaired) electrons. The maximum absolute atomic E-state index is 9.02. The van der Waals surface area contributed by atoms with Gasteiger partial charge in [-0.15, -0.1) is 0 Å². The molecule has 0 unspecified atom stereocenters. The molecule has 130 valence electrons. The van der Waals surface area contributed by atoms with Gasteiger partial charge in [-0.25, -0.2) is 9.98 Å². The Balaban J connectivity index is 1.91. The average Bonchev–Trinajstić information content (AvgIpc) is 3.22. The van der Waals surface area contributed by atoms with Crippen molar-refractivity contribution in [2.75, 3.05) is 0 Å². The molecule has 0 atom stereocenters. The van der Waals surface area contributed by atoms with Crippen molar-refractivity contribution in [3.8, 4) is 12.1 Å². The molecular formula is C24H14N4. The molecule has 0 spiro atoms. The zero-order valence-corrected chi connectivity index (χ0v) is 14.9. The fraction of sp³-hybridized carbons (Fsp3) is 0. The highest BCUT2D eigenvalue weighted by molar-refractivity contribution is 6.55. The van der Waals surface area contributed by atoms with Gasteiger partial charge in [0.1, 0.15) is 17.7 Å². The van der Waals surface area contributed by atoms with Crippen molar-refractivity contribution in [1.82, 2.24) is 0 Å². The Kier molecular flexibility index (Phi) is 4.61. The fourth-order valence-electron chi connectivity index (χ4n) is 3.01. The molecule has 4 rings (SSSR count). The summed E-state index contributed by atoms with van der Waals surface area (Å²) in [5.74, 6) is 0.611. The first-order valence-electron chi connectivity index (χ1n) is 8.73. The normalized spacial score (nSPS) is 12.6. The van der Waals surface area contributed by atoms with E-state index < -0.39 is 0 Å². The highest BCUT2D eigenvalue weighted by Gasteiger charge is 2.20. The molecule has 1 heterocycles. The van der Waals surface area contributed by atoms with Crippen LogP contribution in [0.15, 0.2) is 94.9 Å². The van der Waals surface area contributed by atoms with Gasteiger partial charge in [-0.1, -0.05) is 84.9 Å². The SMILES string of the molecule is N#CC(C#N)=c1ccc(=C2N=C(c3ccccc3)C(c3ccccc3)=N2)cc1. The van der Waals surface area contributed by atoms with Gasteiger partial charge in [0.15, 0.2) is 5.82 Å². The van der Waals surface area contributed by atoms with Crippen molar-refractivity contribution >= 4 is 22.8 Å². The molecule has 4 nitrogen and oxygen atoms in total. The van der Waals surface area contributed by atoms with Crippen LogP contribution in [0.4, 0.5) is 0 Å². The maximum atomic E-state index is 9.02. The molecule has 0 aromatic heterocycles. The monoisotopic (exact) mass is 358 g/mol. The van der Waals surface area contributed by atoms with E-state index in [1.54, 1.807) is 12.1 Å².